The first kappa shape index (κ1) is 17.5. The number of aliphatic hydroxyl groups excluding tert-OH is 1. The van der Waals surface area contributed by atoms with Crippen LogP contribution in [0.2, 0.25) is 0 Å². The van der Waals surface area contributed by atoms with Crippen molar-refractivity contribution in [1.29, 1.82) is 0 Å². The third-order valence-electron chi connectivity index (χ3n) is 3.28. The fourth-order valence-corrected chi connectivity index (χ4v) is 2.07. The minimum Gasteiger partial charge on any atom is -0.389 e. The van der Waals surface area contributed by atoms with E-state index >= 15 is 0 Å². The van der Waals surface area contributed by atoms with Gasteiger partial charge in [0.2, 0.25) is 11.9 Å². The topological polar surface area (TPSA) is 83.0 Å². The Morgan fingerprint density at radius 1 is 1.13 bits per heavy atom. The molecule has 0 aliphatic heterocycles. The Bertz CT molecular complexity index is 588. The van der Waals surface area contributed by atoms with Crippen LogP contribution in [0.5, 0.6) is 0 Å². The first-order chi connectivity index (χ1) is 10.6. The van der Waals surface area contributed by atoms with E-state index < -0.39 is 18.3 Å². The first-order valence-electron chi connectivity index (χ1n) is 7.40. The molecule has 0 saturated heterocycles. The van der Waals surface area contributed by atoms with E-state index in [0.717, 1.165) is 6.92 Å². The summed E-state index contributed by atoms with van der Waals surface area (Å²) < 4.78 is 38.1. The van der Waals surface area contributed by atoms with Gasteiger partial charge in [0, 0.05) is 6.04 Å². The molecule has 0 fully saturated rings. The van der Waals surface area contributed by atoms with Gasteiger partial charge in [0.1, 0.15) is 6.04 Å². The van der Waals surface area contributed by atoms with E-state index in [-0.39, 0.29) is 23.8 Å². The van der Waals surface area contributed by atoms with Gasteiger partial charge < -0.3 is 15.7 Å². The van der Waals surface area contributed by atoms with Crippen molar-refractivity contribution in [3.8, 4) is 0 Å². The van der Waals surface area contributed by atoms with Crippen LogP contribution in [0.25, 0.3) is 5.57 Å². The molecule has 1 unspecified atom stereocenters. The Labute approximate surface area is 132 Å². The highest BCUT2D eigenvalue weighted by atomic mass is 19.4. The minimum atomic E-state index is -4.40. The monoisotopic (exact) mass is 331 g/mol. The molecule has 0 bridgehead atoms. The molecule has 3 N–H and O–H groups in total. The molecule has 1 heterocycles. The second-order valence-electron chi connectivity index (χ2n) is 5.81. The summed E-state index contributed by atoms with van der Waals surface area (Å²) in [5.74, 6) is 0.325. The molecule has 2 rings (SSSR count). The Morgan fingerprint density at radius 2 is 1.74 bits per heavy atom. The second kappa shape index (κ2) is 6.69. The van der Waals surface area contributed by atoms with Crippen molar-refractivity contribution in [3.05, 3.63) is 11.9 Å². The summed E-state index contributed by atoms with van der Waals surface area (Å²) >= 11 is 0. The molecule has 2 atom stereocenters. The minimum absolute atomic E-state index is 0.0151. The lowest BCUT2D eigenvalue weighted by Gasteiger charge is -2.18. The van der Waals surface area contributed by atoms with Gasteiger partial charge in [0.15, 0.2) is 5.82 Å². The number of hydrogen-bond acceptors (Lipinski definition) is 6. The average Bonchev–Trinajstić information content (AvgIpc) is 2.83. The Kier molecular flexibility index (Phi) is 5.08. The summed E-state index contributed by atoms with van der Waals surface area (Å²) in [6, 6.07) is -1.77. The summed E-state index contributed by atoms with van der Waals surface area (Å²) in [4.78, 5) is 12.3. The van der Waals surface area contributed by atoms with E-state index in [0.29, 0.717) is 18.4 Å². The summed E-state index contributed by atoms with van der Waals surface area (Å²) in [5, 5.41) is 14.8. The van der Waals surface area contributed by atoms with Crippen LogP contribution >= 0.6 is 0 Å². The normalized spacial score (nSPS) is 19.7. The van der Waals surface area contributed by atoms with Crippen LogP contribution in [-0.4, -0.2) is 44.4 Å². The van der Waals surface area contributed by atoms with Crippen molar-refractivity contribution < 1.29 is 18.3 Å². The number of halogens is 3. The fourth-order valence-electron chi connectivity index (χ4n) is 2.07. The van der Waals surface area contributed by atoms with E-state index in [2.05, 4.69) is 25.6 Å². The number of nitrogens with one attached hydrogen (secondary N) is 2. The molecule has 0 aromatic carbocycles. The van der Waals surface area contributed by atoms with Gasteiger partial charge in [0.25, 0.3) is 0 Å². The van der Waals surface area contributed by atoms with E-state index in [1.54, 1.807) is 6.08 Å². The highest BCUT2D eigenvalue weighted by Crippen LogP contribution is 2.27. The third-order valence-corrected chi connectivity index (χ3v) is 3.28. The quantitative estimate of drug-likeness (QED) is 0.769. The van der Waals surface area contributed by atoms with Crippen molar-refractivity contribution >= 4 is 17.5 Å². The predicted molar refractivity (Wildman–Crippen MR) is 80.9 cm³/mol. The number of alkyl halides is 3. The molecule has 0 saturated carbocycles. The molecule has 1 aromatic rings. The van der Waals surface area contributed by atoms with Gasteiger partial charge in [-0.15, -0.1) is 0 Å². The van der Waals surface area contributed by atoms with Crippen molar-refractivity contribution in [2.75, 3.05) is 10.6 Å². The zero-order valence-electron chi connectivity index (χ0n) is 13.1. The van der Waals surface area contributed by atoms with Gasteiger partial charge >= 0.3 is 6.18 Å². The van der Waals surface area contributed by atoms with Crippen LogP contribution in [-0.2, 0) is 0 Å². The fraction of sp³-hybridized carbons (Fsp3) is 0.643. The summed E-state index contributed by atoms with van der Waals surface area (Å²) in [7, 11) is 0. The van der Waals surface area contributed by atoms with E-state index in [1.807, 2.05) is 13.8 Å². The maximum Gasteiger partial charge on any atom is 0.408 e. The first-order valence-corrected chi connectivity index (χ1v) is 7.40. The molecule has 23 heavy (non-hydrogen) atoms. The molecular weight excluding hydrogens is 311 g/mol. The lowest BCUT2D eigenvalue weighted by molar-refractivity contribution is -0.138. The molecular formula is C14H20F3N5O. The Morgan fingerprint density at radius 3 is 2.22 bits per heavy atom. The molecule has 0 amide bonds. The number of aromatic nitrogens is 3. The molecule has 6 nitrogen and oxygen atoms in total. The van der Waals surface area contributed by atoms with Crippen molar-refractivity contribution in [3.63, 3.8) is 0 Å². The number of anilines is 2. The maximum absolute atomic E-state index is 12.7. The summed E-state index contributed by atoms with van der Waals surface area (Å²) in [6.45, 7) is 4.73. The third kappa shape index (κ3) is 4.78. The van der Waals surface area contributed by atoms with Crippen LogP contribution in [0.4, 0.5) is 25.1 Å². The standard InChI is InChI=1S/C14H20F3N5O/c1-7(2)18-12-20-11(9-4-5-10(23)6-9)21-13(22-12)19-8(3)14(15,16)17/h6-8,10,23H,4-5H2,1-3H3,(H2,18,19,20,21,22)/t8-,10?/m1/s1. The van der Waals surface area contributed by atoms with Crippen molar-refractivity contribution in [2.24, 2.45) is 0 Å². The molecule has 1 aliphatic rings. The van der Waals surface area contributed by atoms with E-state index in [4.69, 9.17) is 0 Å². The highest BCUT2D eigenvalue weighted by Gasteiger charge is 2.36. The van der Waals surface area contributed by atoms with Crippen LogP contribution < -0.4 is 10.6 Å². The number of allylic oxidation sites excluding steroid dienone is 1. The maximum atomic E-state index is 12.7. The van der Waals surface area contributed by atoms with Crippen LogP contribution in [0.1, 0.15) is 39.4 Å². The molecule has 128 valence electrons. The van der Waals surface area contributed by atoms with Gasteiger partial charge in [-0.25, -0.2) is 0 Å². The van der Waals surface area contributed by atoms with Crippen LogP contribution in [0.3, 0.4) is 0 Å². The van der Waals surface area contributed by atoms with Crippen LogP contribution in [0.15, 0.2) is 6.08 Å². The zero-order valence-corrected chi connectivity index (χ0v) is 13.1. The SMILES string of the molecule is CC(C)Nc1nc(N[C@H](C)C(F)(F)F)nc(C2=CC(O)CC2)n1. The average molecular weight is 331 g/mol. The molecule has 0 spiro atoms. The number of hydrogen-bond donors (Lipinski definition) is 3. The second-order valence-corrected chi connectivity index (χ2v) is 5.81. The predicted octanol–water partition coefficient (Wildman–Crippen LogP) is 2.59. The van der Waals surface area contributed by atoms with E-state index in [1.165, 1.54) is 0 Å². The lowest BCUT2D eigenvalue weighted by Crippen LogP contribution is -2.34. The largest absolute Gasteiger partial charge is 0.408 e. The molecule has 9 heteroatoms. The van der Waals surface area contributed by atoms with Gasteiger partial charge in [-0.05, 0) is 45.3 Å². The van der Waals surface area contributed by atoms with Crippen molar-refractivity contribution in [1.82, 2.24) is 15.0 Å². The molecule has 0 radical (unpaired) electrons. The summed E-state index contributed by atoms with van der Waals surface area (Å²) in [6.07, 6.45) is -2.24. The Balaban J connectivity index is 2.32. The molecule has 1 aromatic heterocycles. The van der Waals surface area contributed by atoms with Gasteiger partial charge in [0.05, 0.1) is 6.10 Å². The smallest absolute Gasteiger partial charge is 0.389 e. The summed E-state index contributed by atoms with van der Waals surface area (Å²) in [5.41, 5.74) is 0.703. The van der Waals surface area contributed by atoms with Gasteiger partial charge in [-0.1, -0.05) is 0 Å². The van der Waals surface area contributed by atoms with Gasteiger partial charge in [-0.3, -0.25) is 0 Å². The Hall–Kier alpha value is -1.90. The lowest BCUT2D eigenvalue weighted by atomic mass is 10.2. The number of nitrogens with zero attached hydrogens (tertiary/aromatic N) is 3. The number of rotatable bonds is 5. The van der Waals surface area contributed by atoms with Gasteiger partial charge in [-0.2, -0.15) is 28.1 Å². The number of aliphatic hydroxyl groups is 1. The molecule has 1 aliphatic carbocycles. The van der Waals surface area contributed by atoms with Crippen LogP contribution in [0, 0.1) is 0 Å². The van der Waals surface area contributed by atoms with Crippen molar-refractivity contribution in [2.45, 2.75) is 58.0 Å². The van der Waals surface area contributed by atoms with E-state index in [9.17, 15) is 18.3 Å². The highest BCUT2D eigenvalue weighted by molar-refractivity contribution is 5.64. The zero-order chi connectivity index (χ0) is 17.2.